The lowest BCUT2D eigenvalue weighted by Gasteiger charge is -2.17. The standard InChI is InChI=1S/C17H27NO3/c1-4-12-18-16(17(19)20-6-3)11-13-21-15-9-7-14(5-2)8-10-15/h7-10,16,18H,4-6,11-13H2,1-3H3. The molecule has 1 unspecified atom stereocenters. The maximum absolute atomic E-state index is 11.8. The highest BCUT2D eigenvalue weighted by atomic mass is 16.5. The van der Waals surface area contributed by atoms with Gasteiger partial charge in [0.05, 0.1) is 13.2 Å². The van der Waals surface area contributed by atoms with E-state index in [1.165, 1.54) is 5.56 Å². The normalized spacial score (nSPS) is 12.0. The molecule has 1 aromatic carbocycles. The molecule has 0 saturated heterocycles. The molecule has 0 fully saturated rings. The van der Waals surface area contributed by atoms with Crippen LogP contribution in [-0.4, -0.2) is 31.8 Å². The number of carbonyl (C=O) groups is 1. The van der Waals surface area contributed by atoms with E-state index in [4.69, 9.17) is 9.47 Å². The Morgan fingerprint density at radius 1 is 1.19 bits per heavy atom. The van der Waals surface area contributed by atoms with Crippen LogP contribution in [0.2, 0.25) is 0 Å². The van der Waals surface area contributed by atoms with Crippen LogP contribution >= 0.6 is 0 Å². The third kappa shape index (κ3) is 6.63. The van der Waals surface area contributed by atoms with Crippen molar-refractivity contribution in [2.75, 3.05) is 19.8 Å². The molecule has 0 bridgehead atoms. The molecule has 4 heteroatoms. The van der Waals surface area contributed by atoms with Gasteiger partial charge in [-0.2, -0.15) is 0 Å². The van der Waals surface area contributed by atoms with Crippen LogP contribution in [0, 0.1) is 0 Å². The van der Waals surface area contributed by atoms with Gasteiger partial charge in [0.1, 0.15) is 11.8 Å². The highest BCUT2D eigenvalue weighted by molar-refractivity contribution is 5.75. The number of nitrogens with one attached hydrogen (secondary N) is 1. The minimum Gasteiger partial charge on any atom is -0.494 e. The third-order valence-electron chi connectivity index (χ3n) is 3.22. The van der Waals surface area contributed by atoms with E-state index in [1.807, 2.05) is 19.1 Å². The molecule has 1 rings (SSSR count). The van der Waals surface area contributed by atoms with Crippen LogP contribution in [0.4, 0.5) is 0 Å². The quantitative estimate of drug-likeness (QED) is 0.674. The molecule has 0 aliphatic heterocycles. The van der Waals surface area contributed by atoms with Crippen LogP contribution in [0.15, 0.2) is 24.3 Å². The predicted molar refractivity (Wildman–Crippen MR) is 84.6 cm³/mol. The second kappa shape index (κ2) is 10.2. The summed E-state index contributed by atoms with van der Waals surface area (Å²) in [4.78, 5) is 11.8. The molecule has 4 nitrogen and oxygen atoms in total. The van der Waals surface area contributed by atoms with Crippen molar-refractivity contribution in [1.82, 2.24) is 5.32 Å². The molecule has 1 aromatic rings. The molecule has 1 N–H and O–H groups in total. The number of hydrogen-bond donors (Lipinski definition) is 1. The Morgan fingerprint density at radius 2 is 1.90 bits per heavy atom. The second-order valence-corrected chi connectivity index (χ2v) is 4.89. The minimum atomic E-state index is -0.292. The van der Waals surface area contributed by atoms with Gasteiger partial charge in [0, 0.05) is 6.42 Å². The lowest BCUT2D eigenvalue weighted by molar-refractivity contribution is -0.146. The van der Waals surface area contributed by atoms with E-state index >= 15 is 0 Å². The van der Waals surface area contributed by atoms with Gasteiger partial charge in [-0.05, 0) is 44.0 Å². The summed E-state index contributed by atoms with van der Waals surface area (Å²) in [6, 6.07) is 7.77. The number of ether oxygens (including phenoxy) is 2. The first-order valence-corrected chi connectivity index (χ1v) is 7.83. The molecule has 0 heterocycles. The average molecular weight is 293 g/mol. The largest absolute Gasteiger partial charge is 0.494 e. The first kappa shape index (κ1) is 17.5. The highest BCUT2D eigenvalue weighted by Crippen LogP contribution is 2.13. The van der Waals surface area contributed by atoms with Crippen LogP contribution in [0.3, 0.4) is 0 Å². The number of benzene rings is 1. The van der Waals surface area contributed by atoms with Gasteiger partial charge in [-0.1, -0.05) is 26.0 Å². The monoisotopic (exact) mass is 293 g/mol. The smallest absolute Gasteiger partial charge is 0.323 e. The number of aryl methyl sites for hydroxylation is 1. The van der Waals surface area contributed by atoms with E-state index in [1.54, 1.807) is 0 Å². The molecule has 0 saturated carbocycles. The summed E-state index contributed by atoms with van der Waals surface area (Å²) < 4.78 is 10.8. The summed E-state index contributed by atoms with van der Waals surface area (Å²) in [6.07, 6.45) is 2.61. The predicted octanol–water partition coefficient (Wildman–Crippen LogP) is 2.95. The molecule has 0 aliphatic carbocycles. The second-order valence-electron chi connectivity index (χ2n) is 4.89. The van der Waals surface area contributed by atoms with E-state index in [0.717, 1.165) is 25.1 Å². The molecule has 21 heavy (non-hydrogen) atoms. The fraction of sp³-hybridized carbons (Fsp3) is 0.588. The van der Waals surface area contributed by atoms with Crippen molar-refractivity contribution in [3.8, 4) is 5.75 Å². The zero-order valence-corrected chi connectivity index (χ0v) is 13.4. The summed E-state index contributed by atoms with van der Waals surface area (Å²) >= 11 is 0. The molecule has 0 aromatic heterocycles. The molecular formula is C17H27NO3. The summed E-state index contributed by atoms with van der Waals surface area (Å²) in [5.41, 5.74) is 1.29. The maximum Gasteiger partial charge on any atom is 0.323 e. The Bertz CT molecular complexity index is 403. The maximum atomic E-state index is 11.8. The van der Waals surface area contributed by atoms with Gasteiger partial charge < -0.3 is 14.8 Å². The van der Waals surface area contributed by atoms with Crippen molar-refractivity contribution in [3.05, 3.63) is 29.8 Å². The van der Waals surface area contributed by atoms with Crippen molar-refractivity contribution in [1.29, 1.82) is 0 Å². The third-order valence-corrected chi connectivity index (χ3v) is 3.22. The molecule has 0 amide bonds. The van der Waals surface area contributed by atoms with Gasteiger partial charge >= 0.3 is 5.97 Å². The topological polar surface area (TPSA) is 47.6 Å². The van der Waals surface area contributed by atoms with Gasteiger partial charge in [0.25, 0.3) is 0 Å². The Morgan fingerprint density at radius 3 is 2.48 bits per heavy atom. The van der Waals surface area contributed by atoms with Crippen molar-refractivity contribution in [2.45, 2.75) is 46.1 Å². The zero-order chi connectivity index (χ0) is 15.5. The Balaban J connectivity index is 2.42. The van der Waals surface area contributed by atoms with Gasteiger partial charge in [-0.25, -0.2) is 0 Å². The van der Waals surface area contributed by atoms with E-state index < -0.39 is 0 Å². The summed E-state index contributed by atoms with van der Waals surface area (Å²) in [5, 5.41) is 3.20. The number of esters is 1. The van der Waals surface area contributed by atoms with Crippen molar-refractivity contribution < 1.29 is 14.3 Å². The lowest BCUT2D eigenvalue weighted by atomic mass is 10.2. The average Bonchev–Trinajstić information content (AvgIpc) is 2.51. The Kier molecular flexibility index (Phi) is 8.51. The van der Waals surface area contributed by atoms with E-state index in [0.29, 0.717) is 19.6 Å². The van der Waals surface area contributed by atoms with E-state index in [2.05, 4.69) is 31.3 Å². The van der Waals surface area contributed by atoms with Gasteiger partial charge in [-0.15, -0.1) is 0 Å². The highest BCUT2D eigenvalue weighted by Gasteiger charge is 2.18. The molecule has 118 valence electrons. The molecular weight excluding hydrogens is 266 g/mol. The fourth-order valence-electron chi connectivity index (χ4n) is 1.98. The van der Waals surface area contributed by atoms with E-state index in [-0.39, 0.29) is 12.0 Å². The van der Waals surface area contributed by atoms with E-state index in [9.17, 15) is 4.79 Å². The number of rotatable bonds is 10. The Hall–Kier alpha value is -1.55. The van der Waals surface area contributed by atoms with Crippen LogP contribution in [0.1, 0.15) is 39.2 Å². The number of hydrogen-bond acceptors (Lipinski definition) is 4. The zero-order valence-electron chi connectivity index (χ0n) is 13.4. The summed E-state index contributed by atoms with van der Waals surface area (Å²) in [5.74, 6) is 0.640. The van der Waals surface area contributed by atoms with Crippen molar-refractivity contribution in [2.24, 2.45) is 0 Å². The van der Waals surface area contributed by atoms with Crippen LogP contribution < -0.4 is 10.1 Å². The minimum absolute atomic E-state index is 0.198. The molecule has 0 aliphatic rings. The molecule has 0 spiro atoms. The first-order valence-electron chi connectivity index (χ1n) is 7.83. The van der Waals surface area contributed by atoms with Crippen LogP contribution in [-0.2, 0) is 16.0 Å². The summed E-state index contributed by atoms with van der Waals surface area (Å²) in [6.45, 7) is 7.71. The summed E-state index contributed by atoms with van der Waals surface area (Å²) in [7, 11) is 0. The van der Waals surface area contributed by atoms with Gasteiger partial charge in [-0.3, -0.25) is 4.79 Å². The van der Waals surface area contributed by atoms with Gasteiger partial charge in [0.15, 0.2) is 0 Å². The van der Waals surface area contributed by atoms with Crippen molar-refractivity contribution in [3.63, 3.8) is 0 Å². The van der Waals surface area contributed by atoms with Gasteiger partial charge in [0.2, 0.25) is 0 Å². The SMILES string of the molecule is CCCNC(CCOc1ccc(CC)cc1)C(=O)OCC. The fourth-order valence-corrected chi connectivity index (χ4v) is 1.98. The molecule has 1 atom stereocenters. The van der Waals surface area contributed by atoms with Crippen LogP contribution in [0.5, 0.6) is 5.75 Å². The molecule has 0 radical (unpaired) electrons. The van der Waals surface area contributed by atoms with Crippen LogP contribution in [0.25, 0.3) is 0 Å². The first-order chi connectivity index (χ1) is 10.2. The Labute approximate surface area is 127 Å². The number of carbonyl (C=O) groups excluding carboxylic acids is 1. The van der Waals surface area contributed by atoms with Crippen molar-refractivity contribution >= 4 is 5.97 Å². The lowest BCUT2D eigenvalue weighted by Crippen LogP contribution is -2.39.